The van der Waals surface area contributed by atoms with Crippen LogP contribution >= 0.6 is 0 Å². The summed E-state index contributed by atoms with van der Waals surface area (Å²) in [7, 11) is 1.57. The lowest BCUT2D eigenvalue weighted by molar-refractivity contribution is -0.176. The Morgan fingerprint density at radius 2 is 1.83 bits per heavy atom. The van der Waals surface area contributed by atoms with Crippen molar-refractivity contribution in [1.29, 1.82) is 0 Å². The third-order valence-corrected chi connectivity index (χ3v) is 8.27. The van der Waals surface area contributed by atoms with Crippen LogP contribution in [0.4, 0.5) is 0 Å². The van der Waals surface area contributed by atoms with Crippen molar-refractivity contribution >= 4 is 5.97 Å². The molecule has 3 fully saturated rings. The Balaban J connectivity index is 1.85. The maximum Gasteiger partial charge on any atom is 0.311 e. The minimum atomic E-state index is -0.248. The van der Waals surface area contributed by atoms with E-state index in [9.17, 15) is 4.79 Å². The van der Waals surface area contributed by atoms with Gasteiger partial charge in [-0.2, -0.15) is 0 Å². The molecule has 6 atom stereocenters. The maximum absolute atomic E-state index is 12.6. The molecule has 132 valence electrons. The van der Waals surface area contributed by atoms with Crippen molar-refractivity contribution in [2.24, 2.45) is 40.4 Å². The molecule has 0 aliphatic heterocycles. The van der Waals surface area contributed by atoms with Crippen LogP contribution in [0.2, 0.25) is 0 Å². The fraction of sp³-hybridized carbons (Fsp3) is 0.952. The average molecular weight is 321 g/mol. The van der Waals surface area contributed by atoms with Crippen LogP contribution in [-0.2, 0) is 9.53 Å². The molecule has 0 aromatic carbocycles. The molecule has 2 heteroatoms. The lowest BCUT2D eigenvalue weighted by atomic mass is 9.43. The smallest absolute Gasteiger partial charge is 0.311 e. The van der Waals surface area contributed by atoms with Crippen LogP contribution in [0.5, 0.6) is 0 Å². The fourth-order valence-electron chi connectivity index (χ4n) is 6.96. The predicted molar refractivity (Wildman–Crippen MR) is 94.0 cm³/mol. The van der Waals surface area contributed by atoms with Crippen molar-refractivity contribution in [3.05, 3.63) is 0 Å². The molecule has 0 saturated heterocycles. The Kier molecular flexibility index (Phi) is 4.57. The highest BCUT2D eigenvalue weighted by Gasteiger charge is 2.59. The molecule has 2 nitrogen and oxygen atoms in total. The lowest BCUT2D eigenvalue weighted by Gasteiger charge is -2.61. The van der Waals surface area contributed by atoms with E-state index in [1.54, 1.807) is 7.11 Å². The summed E-state index contributed by atoms with van der Waals surface area (Å²) in [5, 5.41) is 0. The zero-order valence-electron chi connectivity index (χ0n) is 15.9. The molecule has 3 saturated carbocycles. The van der Waals surface area contributed by atoms with E-state index < -0.39 is 0 Å². The molecule has 0 N–H and O–H groups in total. The molecule has 0 aromatic rings. The minimum absolute atomic E-state index is 0.0442. The van der Waals surface area contributed by atoms with Gasteiger partial charge in [-0.25, -0.2) is 0 Å². The monoisotopic (exact) mass is 320 g/mol. The zero-order valence-corrected chi connectivity index (χ0v) is 15.9. The minimum Gasteiger partial charge on any atom is -0.469 e. The lowest BCUT2D eigenvalue weighted by Crippen LogP contribution is -2.56. The van der Waals surface area contributed by atoms with Gasteiger partial charge in [0.1, 0.15) is 0 Å². The number of carbonyl (C=O) groups excluding carboxylic acids is 1. The summed E-state index contributed by atoms with van der Waals surface area (Å²) in [6.07, 6.45) is 10.3. The number of rotatable bonds is 2. The number of hydrogen-bond donors (Lipinski definition) is 0. The SMILES string of the molecule is COC(=O)[C@]1(C)CCC[C@]2(C)[C@@H]3CC[C@@H](C(C)C)C[C@H]3CC[C@H]21. The normalized spacial score (nSPS) is 46.9. The van der Waals surface area contributed by atoms with Crippen LogP contribution in [0.1, 0.15) is 79.1 Å². The second kappa shape index (κ2) is 6.08. The molecule has 0 aromatic heterocycles. The van der Waals surface area contributed by atoms with Gasteiger partial charge in [0, 0.05) is 0 Å². The first-order valence-corrected chi connectivity index (χ1v) is 9.91. The average Bonchev–Trinajstić information content (AvgIpc) is 2.53. The highest BCUT2D eigenvalue weighted by molar-refractivity contribution is 5.77. The molecular formula is C21H36O2. The van der Waals surface area contributed by atoms with E-state index in [0.717, 1.165) is 30.1 Å². The van der Waals surface area contributed by atoms with Gasteiger partial charge in [-0.15, -0.1) is 0 Å². The van der Waals surface area contributed by atoms with Crippen molar-refractivity contribution in [1.82, 2.24) is 0 Å². The van der Waals surface area contributed by atoms with Crippen molar-refractivity contribution in [2.75, 3.05) is 7.11 Å². The number of hydrogen-bond acceptors (Lipinski definition) is 2. The molecule has 0 radical (unpaired) electrons. The Hall–Kier alpha value is -0.530. The third kappa shape index (κ3) is 2.65. The first-order chi connectivity index (χ1) is 10.8. The number of methoxy groups -OCH3 is 1. The molecule has 3 aliphatic carbocycles. The number of carbonyl (C=O) groups is 1. The van der Waals surface area contributed by atoms with Crippen LogP contribution in [0.15, 0.2) is 0 Å². The summed E-state index contributed by atoms with van der Waals surface area (Å²) in [6.45, 7) is 9.51. The molecule has 3 rings (SSSR count). The quantitative estimate of drug-likeness (QED) is 0.632. The molecule has 0 heterocycles. The van der Waals surface area contributed by atoms with Gasteiger partial charge in [-0.05, 0) is 86.9 Å². The Labute approximate surface area is 142 Å². The van der Waals surface area contributed by atoms with Gasteiger partial charge < -0.3 is 4.74 Å². The Morgan fingerprint density at radius 1 is 1.09 bits per heavy atom. The summed E-state index contributed by atoms with van der Waals surface area (Å²) in [6, 6.07) is 0. The van der Waals surface area contributed by atoms with Gasteiger partial charge in [0.05, 0.1) is 12.5 Å². The first kappa shape index (κ1) is 17.3. The van der Waals surface area contributed by atoms with Gasteiger partial charge >= 0.3 is 5.97 Å². The van der Waals surface area contributed by atoms with E-state index in [-0.39, 0.29) is 11.4 Å². The topological polar surface area (TPSA) is 26.3 Å². The first-order valence-electron chi connectivity index (χ1n) is 9.91. The second-order valence-electron chi connectivity index (χ2n) is 9.58. The molecular weight excluding hydrogens is 284 g/mol. The molecule has 0 bridgehead atoms. The van der Waals surface area contributed by atoms with Gasteiger partial charge in [0.15, 0.2) is 0 Å². The van der Waals surface area contributed by atoms with Gasteiger partial charge in [-0.3, -0.25) is 4.79 Å². The van der Waals surface area contributed by atoms with Crippen molar-refractivity contribution in [3.63, 3.8) is 0 Å². The van der Waals surface area contributed by atoms with Crippen molar-refractivity contribution < 1.29 is 9.53 Å². The van der Waals surface area contributed by atoms with Gasteiger partial charge in [0.2, 0.25) is 0 Å². The van der Waals surface area contributed by atoms with Gasteiger partial charge in [-0.1, -0.05) is 27.2 Å². The van der Waals surface area contributed by atoms with Crippen LogP contribution in [0.3, 0.4) is 0 Å². The third-order valence-electron chi connectivity index (χ3n) is 8.27. The summed E-state index contributed by atoms with van der Waals surface area (Å²) in [5.74, 6) is 4.05. The van der Waals surface area contributed by atoms with Gasteiger partial charge in [0.25, 0.3) is 0 Å². The summed E-state index contributed by atoms with van der Waals surface area (Å²) in [4.78, 5) is 12.6. The fourth-order valence-corrected chi connectivity index (χ4v) is 6.96. The molecule has 23 heavy (non-hydrogen) atoms. The molecule has 0 spiro atoms. The Bertz CT molecular complexity index is 457. The summed E-state index contributed by atoms with van der Waals surface area (Å²) >= 11 is 0. The van der Waals surface area contributed by atoms with E-state index in [2.05, 4.69) is 27.7 Å². The van der Waals surface area contributed by atoms with Crippen molar-refractivity contribution in [3.8, 4) is 0 Å². The van der Waals surface area contributed by atoms with E-state index >= 15 is 0 Å². The van der Waals surface area contributed by atoms with E-state index in [0.29, 0.717) is 11.3 Å². The van der Waals surface area contributed by atoms with E-state index in [1.165, 1.54) is 44.9 Å². The maximum atomic E-state index is 12.6. The van der Waals surface area contributed by atoms with E-state index in [1.807, 2.05) is 0 Å². The summed E-state index contributed by atoms with van der Waals surface area (Å²) in [5.41, 5.74) is 0.105. The number of fused-ring (bicyclic) bond motifs is 3. The predicted octanol–water partition coefficient (Wildman–Crippen LogP) is 5.45. The van der Waals surface area contributed by atoms with Crippen LogP contribution < -0.4 is 0 Å². The number of esters is 1. The van der Waals surface area contributed by atoms with Crippen LogP contribution in [-0.4, -0.2) is 13.1 Å². The zero-order chi connectivity index (χ0) is 16.8. The summed E-state index contributed by atoms with van der Waals surface area (Å²) < 4.78 is 5.23. The van der Waals surface area contributed by atoms with E-state index in [4.69, 9.17) is 4.74 Å². The van der Waals surface area contributed by atoms with Crippen LogP contribution in [0, 0.1) is 40.4 Å². The largest absolute Gasteiger partial charge is 0.469 e. The molecule has 0 unspecified atom stereocenters. The van der Waals surface area contributed by atoms with Crippen LogP contribution in [0.25, 0.3) is 0 Å². The highest BCUT2D eigenvalue weighted by atomic mass is 16.5. The molecule has 0 amide bonds. The molecule has 3 aliphatic rings. The Morgan fingerprint density at radius 3 is 2.48 bits per heavy atom. The standard InChI is InChI=1S/C21H36O2/c1-14(2)15-7-9-17-16(13-15)8-10-18-20(17,3)11-6-12-21(18,4)19(22)23-5/h14-18H,6-13H2,1-5H3/t15-,16-,17-,18-,20-,21-/m1/s1. The van der Waals surface area contributed by atoms with Crippen molar-refractivity contribution in [2.45, 2.75) is 79.1 Å². The highest BCUT2D eigenvalue weighted by Crippen LogP contribution is 2.64. The number of ether oxygens (including phenoxy) is 1. The second-order valence-corrected chi connectivity index (χ2v) is 9.58.